The van der Waals surface area contributed by atoms with Gasteiger partial charge >= 0.3 is 0 Å². The van der Waals surface area contributed by atoms with Crippen molar-refractivity contribution in [3.05, 3.63) is 113 Å². The van der Waals surface area contributed by atoms with Crippen molar-refractivity contribution in [2.45, 2.75) is 6.54 Å². The summed E-state index contributed by atoms with van der Waals surface area (Å²) in [6.45, 7) is 4.45. The first-order chi connectivity index (χ1) is 15.2. The molecule has 1 N–H and O–H groups in total. The Balaban J connectivity index is 1.88. The van der Waals surface area contributed by atoms with Gasteiger partial charge in [0.1, 0.15) is 5.00 Å². The van der Waals surface area contributed by atoms with E-state index in [9.17, 15) is 4.79 Å². The Morgan fingerprint density at radius 3 is 2.42 bits per heavy atom. The van der Waals surface area contributed by atoms with E-state index in [0.29, 0.717) is 17.1 Å². The van der Waals surface area contributed by atoms with Gasteiger partial charge < -0.3 is 9.88 Å². The molecule has 0 aliphatic carbocycles. The third kappa shape index (κ3) is 4.85. The summed E-state index contributed by atoms with van der Waals surface area (Å²) in [5.41, 5.74) is 3.21. The molecule has 0 aliphatic heterocycles. The topological polar surface area (TPSA) is 46.4 Å². The first-order valence-electron chi connectivity index (χ1n) is 9.72. The molecule has 31 heavy (non-hydrogen) atoms. The maximum absolute atomic E-state index is 12.9. The van der Waals surface area contributed by atoms with E-state index in [-0.39, 0.29) is 5.91 Å². The number of benzene rings is 3. The molecule has 0 fully saturated rings. The molecule has 0 bridgehead atoms. The van der Waals surface area contributed by atoms with E-state index < -0.39 is 0 Å². The molecule has 154 valence electrons. The summed E-state index contributed by atoms with van der Waals surface area (Å²) < 4.78 is 2.05. The molecule has 4 rings (SSSR count). The molecule has 0 aliphatic rings. The molecule has 3 aromatic carbocycles. The Hall–Kier alpha value is -3.41. The Labute approximate surface area is 189 Å². The molecular weight excluding hydrogens is 426 g/mol. The monoisotopic (exact) mass is 445 g/mol. The zero-order chi connectivity index (χ0) is 21.6. The number of carbonyl (C=O) groups is 1. The minimum atomic E-state index is -0.168. The second-order valence-corrected chi connectivity index (χ2v) is 8.15. The Morgan fingerprint density at radius 1 is 1.03 bits per heavy atom. The maximum Gasteiger partial charge on any atom is 0.256 e. The third-order valence-electron chi connectivity index (χ3n) is 4.56. The second kappa shape index (κ2) is 9.60. The molecule has 1 heterocycles. The number of hydrogen-bond donors (Lipinski definition) is 1. The van der Waals surface area contributed by atoms with Gasteiger partial charge in [0, 0.05) is 22.7 Å². The van der Waals surface area contributed by atoms with Gasteiger partial charge in [0.05, 0.1) is 11.4 Å². The van der Waals surface area contributed by atoms with Crippen LogP contribution in [-0.4, -0.2) is 10.5 Å². The van der Waals surface area contributed by atoms with Gasteiger partial charge in [-0.3, -0.25) is 4.79 Å². The van der Waals surface area contributed by atoms with Crippen LogP contribution in [0.5, 0.6) is 0 Å². The summed E-state index contributed by atoms with van der Waals surface area (Å²) in [4.78, 5) is 18.4. The van der Waals surface area contributed by atoms with Crippen molar-refractivity contribution in [3.8, 4) is 11.3 Å². The SMILES string of the molecule is C=CCn1c(-c2ccccc2)c(NC(=O)c2ccccc2)sc1=Nc1cccc(Cl)c1. The highest BCUT2D eigenvalue weighted by molar-refractivity contribution is 7.14. The Morgan fingerprint density at radius 2 is 1.74 bits per heavy atom. The van der Waals surface area contributed by atoms with Crippen LogP contribution in [0.25, 0.3) is 11.3 Å². The van der Waals surface area contributed by atoms with Gasteiger partial charge in [0.15, 0.2) is 4.80 Å². The zero-order valence-electron chi connectivity index (χ0n) is 16.7. The van der Waals surface area contributed by atoms with Crippen LogP contribution in [0.15, 0.2) is 103 Å². The minimum absolute atomic E-state index is 0.168. The van der Waals surface area contributed by atoms with Crippen LogP contribution < -0.4 is 10.1 Å². The Kier molecular flexibility index (Phi) is 6.46. The third-order valence-corrected chi connectivity index (χ3v) is 5.79. The number of carbonyl (C=O) groups excluding carboxylic acids is 1. The van der Waals surface area contributed by atoms with Crippen molar-refractivity contribution >= 4 is 39.5 Å². The van der Waals surface area contributed by atoms with Crippen LogP contribution in [0.2, 0.25) is 5.02 Å². The number of amides is 1. The fourth-order valence-electron chi connectivity index (χ4n) is 3.18. The van der Waals surface area contributed by atoms with Gasteiger partial charge in [0.2, 0.25) is 0 Å². The average Bonchev–Trinajstić information content (AvgIpc) is 3.11. The van der Waals surface area contributed by atoms with Crippen LogP contribution >= 0.6 is 22.9 Å². The normalized spacial score (nSPS) is 11.3. The molecule has 0 radical (unpaired) electrons. The number of anilines is 1. The number of thiazole rings is 1. The van der Waals surface area contributed by atoms with Gasteiger partial charge in [-0.15, -0.1) is 6.58 Å². The lowest BCUT2D eigenvalue weighted by Crippen LogP contribution is -2.15. The van der Waals surface area contributed by atoms with Crippen LogP contribution in [0, 0.1) is 0 Å². The number of halogens is 1. The van der Waals surface area contributed by atoms with Crippen molar-refractivity contribution < 1.29 is 4.79 Å². The van der Waals surface area contributed by atoms with E-state index in [4.69, 9.17) is 16.6 Å². The van der Waals surface area contributed by atoms with E-state index in [0.717, 1.165) is 26.7 Å². The van der Waals surface area contributed by atoms with Crippen LogP contribution in [0.3, 0.4) is 0 Å². The molecule has 0 spiro atoms. The molecule has 6 heteroatoms. The predicted molar refractivity (Wildman–Crippen MR) is 129 cm³/mol. The zero-order valence-corrected chi connectivity index (χ0v) is 18.2. The predicted octanol–water partition coefficient (Wildman–Crippen LogP) is 6.54. The van der Waals surface area contributed by atoms with Crippen molar-refractivity contribution in [3.63, 3.8) is 0 Å². The van der Waals surface area contributed by atoms with Gasteiger partial charge in [-0.2, -0.15) is 0 Å². The highest BCUT2D eigenvalue weighted by Crippen LogP contribution is 2.32. The van der Waals surface area contributed by atoms with Crippen LogP contribution in [0.4, 0.5) is 10.7 Å². The number of nitrogens with zero attached hydrogens (tertiary/aromatic N) is 2. The lowest BCUT2D eigenvalue weighted by Gasteiger charge is -2.10. The number of aromatic nitrogens is 1. The summed E-state index contributed by atoms with van der Waals surface area (Å²) in [5.74, 6) is -0.168. The highest BCUT2D eigenvalue weighted by atomic mass is 35.5. The van der Waals surface area contributed by atoms with E-state index in [2.05, 4.69) is 16.5 Å². The quantitative estimate of drug-likeness (QED) is 0.336. The first kappa shape index (κ1) is 20.8. The molecule has 0 saturated heterocycles. The fraction of sp³-hybridized carbons (Fsp3) is 0.0400. The summed E-state index contributed by atoms with van der Waals surface area (Å²) in [7, 11) is 0. The molecule has 4 aromatic rings. The van der Waals surface area contributed by atoms with Gasteiger partial charge in [-0.1, -0.05) is 83.6 Å². The number of nitrogens with one attached hydrogen (secondary N) is 1. The largest absolute Gasteiger partial charge is 0.312 e. The first-order valence-corrected chi connectivity index (χ1v) is 10.9. The van der Waals surface area contributed by atoms with Gasteiger partial charge in [0.25, 0.3) is 5.91 Å². The summed E-state index contributed by atoms with van der Waals surface area (Å²) >= 11 is 7.56. The molecule has 1 amide bonds. The molecule has 0 saturated carbocycles. The van der Waals surface area contributed by atoms with Gasteiger partial charge in [-0.05, 0) is 30.3 Å². The lowest BCUT2D eigenvalue weighted by atomic mass is 10.1. The van der Waals surface area contributed by atoms with Crippen LogP contribution in [0.1, 0.15) is 10.4 Å². The summed E-state index contributed by atoms with van der Waals surface area (Å²) in [5, 5.41) is 4.42. The highest BCUT2D eigenvalue weighted by Gasteiger charge is 2.18. The number of allylic oxidation sites excluding steroid dienone is 1. The van der Waals surface area contributed by atoms with Crippen molar-refractivity contribution in [1.82, 2.24) is 4.57 Å². The van der Waals surface area contributed by atoms with Crippen molar-refractivity contribution in [2.24, 2.45) is 4.99 Å². The van der Waals surface area contributed by atoms with Crippen LogP contribution in [-0.2, 0) is 6.54 Å². The van der Waals surface area contributed by atoms with E-state index >= 15 is 0 Å². The average molecular weight is 446 g/mol. The smallest absolute Gasteiger partial charge is 0.256 e. The lowest BCUT2D eigenvalue weighted by molar-refractivity contribution is 0.102. The standard InChI is InChI=1S/C25H20ClN3OS/c1-2-16-29-22(18-10-5-3-6-11-18)24(28-23(30)19-12-7-4-8-13-19)31-25(29)27-21-15-9-14-20(26)17-21/h2-15,17H,1,16H2,(H,28,30). The van der Waals surface area contributed by atoms with Crippen molar-refractivity contribution in [1.29, 1.82) is 0 Å². The van der Waals surface area contributed by atoms with Crippen molar-refractivity contribution in [2.75, 3.05) is 5.32 Å². The van der Waals surface area contributed by atoms with E-state index in [1.54, 1.807) is 12.1 Å². The number of rotatable bonds is 6. The summed E-state index contributed by atoms with van der Waals surface area (Å²) in [6, 6.07) is 26.5. The molecular formula is C25H20ClN3OS. The van der Waals surface area contributed by atoms with E-state index in [1.165, 1.54) is 11.3 Å². The fourth-order valence-corrected chi connectivity index (χ4v) is 4.45. The second-order valence-electron chi connectivity index (χ2n) is 6.74. The minimum Gasteiger partial charge on any atom is -0.312 e. The maximum atomic E-state index is 12.9. The molecule has 0 atom stereocenters. The summed E-state index contributed by atoms with van der Waals surface area (Å²) in [6.07, 6.45) is 1.82. The van der Waals surface area contributed by atoms with E-state index in [1.807, 2.05) is 78.9 Å². The molecule has 0 unspecified atom stereocenters. The van der Waals surface area contributed by atoms with Gasteiger partial charge in [-0.25, -0.2) is 4.99 Å². The molecule has 4 nitrogen and oxygen atoms in total. The molecule has 1 aromatic heterocycles. The Bertz CT molecular complexity index is 1280. The number of hydrogen-bond acceptors (Lipinski definition) is 3.